The molecule has 4 heteroatoms. The van der Waals surface area contributed by atoms with Crippen molar-refractivity contribution < 1.29 is 14.3 Å². The average molecular weight is 331 g/mol. The Hall–Kier alpha value is -3.40. The van der Waals surface area contributed by atoms with Crippen LogP contribution >= 0.6 is 0 Å². The van der Waals surface area contributed by atoms with Gasteiger partial charge in [0.15, 0.2) is 0 Å². The fraction of sp³-hybridized carbons (Fsp3) is 0.0476. The Morgan fingerprint density at radius 3 is 2.32 bits per heavy atom. The maximum atomic E-state index is 12.3. The molecule has 3 rings (SSSR count). The first kappa shape index (κ1) is 16.5. The monoisotopic (exact) mass is 331 g/mol. The fourth-order valence-corrected chi connectivity index (χ4v) is 2.40. The number of carbonyl (C=O) groups excluding carboxylic acids is 2. The molecule has 0 fully saturated rings. The molecule has 124 valence electrons. The molecule has 0 saturated heterocycles. The van der Waals surface area contributed by atoms with E-state index in [1.807, 2.05) is 60.7 Å². The van der Waals surface area contributed by atoms with Crippen molar-refractivity contribution in [3.63, 3.8) is 0 Å². The Morgan fingerprint density at radius 2 is 1.56 bits per heavy atom. The number of benzene rings is 3. The summed E-state index contributed by atoms with van der Waals surface area (Å²) in [6, 6.07) is 22.4. The van der Waals surface area contributed by atoms with Crippen molar-refractivity contribution >= 4 is 22.6 Å². The minimum atomic E-state index is -0.655. The van der Waals surface area contributed by atoms with Gasteiger partial charge in [0.05, 0.1) is 0 Å². The number of amides is 1. The summed E-state index contributed by atoms with van der Waals surface area (Å²) in [4.78, 5) is 24.3. The van der Waals surface area contributed by atoms with E-state index >= 15 is 0 Å². The lowest BCUT2D eigenvalue weighted by atomic mass is 10.1. The maximum Gasteiger partial charge on any atom is 0.354 e. The summed E-state index contributed by atoms with van der Waals surface area (Å²) in [5, 5.41) is 4.48. The lowest BCUT2D eigenvalue weighted by molar-refractivity contribution is -0.140. The van der Waals surface area contributed by atoms with Crippen LogP contribution in [0.15, 0.2) is 85.1 Å². The molecule has 0 radical (unpaired) electrons. The van der Waals surface area contributed by atoms with E-state index in [1.165, 1.54) is 0 Å². The number of rotatable bonds is 5. The molecule has 25 heavy (non-hydrogen) atoms. The first-order valence-corrected chi connectivity index (χ1v) is 7.83. The van der Waals surface area contributed by atoms with E-state index in [2.05, 4.69) is 11.9 Å². The van der Waals surface area contributed by atoms with Crippen molar-refractivity contribution in [1.29, 1.82) is 0 Å². The van der Waals surface area contributed by atoms with Crippen LogP contribution in [-0.4, -0.2) is 11.9 Å². The molecule has 3 aromatic rings. The van der Waals surface area contributed by atoms with E-state index < -0.39 is 11.9 Å². The van der Waals surface area contributed by atoms with Crippen molar-refractivity contribution in [2.24, 2.45) is 0 Å². The third kappa shape index (κ3) is 4.12. The molecule has 0 saturated carbocycles. The maximum absolute atomic E-state index is 12.3. The molecule has 3 aromatic carbocycles. The topological polar surface area (TPSA) is 55.4 Å². The molecule has 0 heterocycles. The number of hydrogen-bond donors (Lipinski definition) is 1. The van der Waals surface area contributed by atoms with Crippen molar-refractivity contribution in [2.45, 2.75) is 6.61 Å². The lowest BCUT2D eigenvalue weighted by Gasteiger charge is -2.09. The molecule has 0 aliphatic heterocycles. The van der Waals surface area contributed by atoms with Crippen LogP contribution < -0.4 is 5.32 Å². The van der Waals surface area contributed by atoms with Gasteiger partial charge in [0.2, 0.25) is 0 Å². The summed E-state index contributed by atoms with van der Waals surface area (Å²) >= 11 is 0. The number of ether oxygens (including phenoxy) is 1. The lowest BCUT2D eigenvalue weighted by Crippen LogP contribution is -2.27. The van der Waals surface area contributed by atoms with Crippen molar-refractivity contribution in [1.82, 2.24) is 5.32 Å². The van der Waals surface area contributed by atoms with Gasteiger partial charge in [0.25, 0.3) is 5.91 Å². The summed E-state index contributed by atoms with van der Waals surface area (Å²) < 4.78 is 5.14. The minimum absolute atomic E-state index is 0.0888. The van der Waals surface area contributed by atoms with Crippen LogP contribution in [0.4, 0.5) is 0 Å². The molecule has 1 N–H and O–H groups in total. The highest BCUT2D eigenvalue weighted by Gasteiger charge is 2.14. The van der Waals surface area contributed by atoms with Crippen LogP contribution in [0.3, 0.4) is 0 Å². The predicted molar refractivity (Wildman–Crippen MR) is 96.8 cm³/mol. The number of fused-ring (bicyclic) bond motifs is 1. The van der Waals surface area contributed by atoms with Crippen LogP contribution in [0.25, 0.3) is 10.8 Å². The van der Waals surface area contributed by atoms with Gasteiger partial charge in [-0.1, -0.05) is 67.2 Å². The van der Waals surface area contributed by atoms with Gasteiger partial charge < -0.3 is 10.1 Å². The summed E-state index contributed by atoms with van der Waals surface area (Å²) in [6.45, 7) is 3.72. The third-order valence-electron chi connectivity index (χ3n) is 3.74. The average Bonchev–Trinajstić information content (AvgIpc) is 2.66. The SMILES string of the molecule is C=C(NC(=O)c1ccc2ccccc2c1)C(=O)OCc1ccccc1. The molecule has 0 aromatic heterocycles. The predicted octanol–water partition coefficient (Wildman–Crippen LogP) is 3.83. The summed E-state index contributed by atoms with van der Waals surface area (Å²) in [6.07, 6.45) is 0. The number of hydrogen-bond acceptors (Lipinski definition) is 3. The number of carbonyl (C=O) groups is 2. The van der Waals surface area contributed by atoms with Crippen LogP contribution in [0, 0.1) is 0 Å². The van der Waals surface area contributed by atoms with Gasteiger partial charge in [-0.15, -0.1) is 0 Å². The van der Waals surface area contributed by atoms with Crippen molar-refractivity contribution in [3.05, 3.63) is 96.2 Å². The molecule has 0 atom stereocenters. The van der Waals surface area contributed by atoms with Crippen LogP contribution in [-0.2, 0) is 16.1 Å². The smallest absolute Gasteiger partial charge is 0.354 e. The quantitative estimate of drug-likeness (QED) is 0.571. The van der Waals surface area contributed by atoms with Crippen LogP contribution in [0.2, 0.25) is 0 Å². The van der Waals surface area contributed by atoms with Gasteiger partial charge in [0, 0.05) is 5.56 Å². The molecule has 1 amide bonds. The Kier molecular flexibility index (Phi) is 4.90. The van der Waals surface area contributed by atoms with E-state index in [1.54, 1.807) is 12.1 Å². The standard InChI is InChI=1S/C21H17NO3/c1-15(21(24)25-14-16-7-3-2-4-8-16)22-20(23)19-12-11-17-9-5-6-10-18(17)13-19/h2-13H,1,14H2,(H,22,23). The van der Waals surface area contributed by atoms with Gasteiger partial charge in [-0.25, -0.2) is 4.79 Å². The fourth-order valence-electron chi connectivity index (χ4n) is 2.40. The Labute approximate surface area is 145 Å². The van der Waals surface area contributed by atoms with Gasteiger partial charge >= 0.3 is 5.97 Å². The summed E-state index contributed by atoms with van der Waals surface area (Å²) in [5.74, 6) is -1.05. The van der Waals surface area contributed by atoms with Gasteiger partial charge in [0.1, 0.15) is 12.3 Å². The summed E-state index contributed by atoms with van der Waals surface area (Å²) in [5.41, 5.74) is 1.23. The first-order valence-electron chi connectivity index (χ1n) is 7.83. The highest BCUT2D eigenvalue weighted by atomic mass is 16.5. The molecule has 0 aliphatic carbocycles. The van der Waals surface area contributed by atoms with Gasteiger partial charge in [-0.2, -0.15) is 0 Å². The Bertz CT molecular complexity index is 932. The molecule has 0 unspecified atom stereocenters. The van der Waals surface area contributed by atoms with Crippen LogP contribution in [0.5, 0.6) is 0 Å². The second kappa shape index (κ2) is 7.45. The number of nitrogens with one attached hydrogen (secondary N) is 1. The van der Waals surface area contributed by atoms with Crippen molar-refractivity contribution in [3.8, 4) is 0 Å². The highest BCUT2D eigenvalue weighted by molar-refractivity contribution is 6.03. The third-order valence-corrected chi connectivity index (χ3v) is 3.74. The molecular weight excluding hydrogens is 314 g/mol. The van der Waals surface area contributed by atoms with E-state index in [9.17, 15) is 9.59 Å². The second-order valence-corrected chi connectivity index (χ2v) is 5.56. The van der Waals surface area contributed by atoms with E-state index in [0.29, 0.717) is 5.56 Å². The first-order chi connectivity index (χ1) is 12.1. The summed E-state index contributed by atoms with van der Waals surface area (Å²) in [7, 11) is 0. The zero-order chi connectivity index (χ0) is 17.6. The zero-order valence-corrected chi connectivity index (χ0v) is 13.6. The molecule has 0 aliphatic rings. The minimum Gasteiger partial charge on any atom is -0.456 e. The molecular formula is C21H17NO3. The number of esters is 1. The largest absolute Gasteiger partial charge is 0.456 e. The molecule has 4 nitrogen and oxygen atoms in total. The Balaban J connectivity index is 1.61. The van der Waals surface area contributed by atoms with E-state index in [4.69, 9.17) is 4.74 Å². The van der Waals surface area contributed by atoms with Gasteiger partial charge in [-0.05, 0) is 28.5 Å². The highest BCUT2D eigenvalue weighted by Crippen LogP contribution is 2.15. The van der Waals surface area contributed by atoms with E-state index in [-0.39, 0.29) is 12.3 Å². The second-order valence-electron chi connectivity index (χ2n) is 5.56. The molecule has 0 spiro atoms. The zero-order valence-electron chi connectivity index (χ0n) is 13.6. The normalized spacial score (nSPS) is 10.2. The van der Waals surface area contributed by atoms with Crippen molar-refractivity contribution in [2.75, 3.05) is 0 Å². The Morgan fingerprint density at radius 1 is 0.880 bits per heavy atom. The van der Waals surface area contributed by atoms with Gasteiger partial charge in [-0.3, -0.25) is 4.79 Å². The van der Waals surface area contributed by atoms with E-state index in [0.717, 1.165) is 16.3 Å². The van der Waals surface area contributed by atoms with Crippen LogP contribution in [0.1, 0.15) is 15.9 Å². The molecule has 0 bridgehead atoms.